The predicted octanol–water partition coefficient (Wildman–Crippen LogP) is 1.13. The molecule has 0 aliphatic rings. The van der Waals surface area contributed by atoms with Crippen molar-refractivity contribution in [2.75, 3.05) is 6.54 Å². The molecule has 1 rings (SSSR count). The number of alkyl halides is 1. The van der Waals surface area contributed by atoms with E-state index < -0.39 is 5.67 Å². The topological polar surface area (TPSA) is 43.8 Å². The van der Waals surface area contributed by atoms with E-state index >= 15 is 0 Å². The molecule has 1 aromatic rings. The van der Waals surface area contributed by atoms with Crippen LogP contribution < -0.4 is 5.73 Å². The Bertz CT molecular complexity index is 286. The number of imidazole rings is 1. The molecule has 2 N–H and O–H groups in total. The van der Waals surface area contributed by atoms with Crippen molar-refractivity contribution in [1.29, 1.82) is 0 Å². The van der Waals surface area contributed by atoms with E-state index in [4.69, 9.17) is 5.73 Å². The number of nitrogens with two attached hydrogens (primary N) is 1. The molecule has 13 heavy (non-hydrogen) atoms. The van der Waals surface area contributed by atoms with Gasteiger partial charge in [-0.2, -0.15) is 0 Å². The Balaban J connectivity index is 2.99. The van der Waals surface area contributed by atoms with E-state index in [9.17, 15) is 4.39 Å². The first-order chi connectivity index (χ1) is 5.96. The Hall–Kier alpha value is -0.900. The highest BCUT2D eigenvalue weighted by Gasteiger charge is 2.24. The Labute approximate surface area is 77.8 Å². The van der Waals surface area contributed by atoms with Crippen LogP contribution in [0.4, 0.5) is 4.39 Å². The van der Waals surface area contributed by atoms with Gasteiger partial charge in [0, 0.05) is 25.4 Å². The summed E-state index contributed by atoms with van der Waals surface area (Å²) < 4.78 is 15.3. The van der Waals surface area contributed by atoms with Gasteiger partial charge in [0.25, 0.3) is 0 Å². The molecule has 0 atom stereocenters. The van der Waals surface area contributed by atoms with Crippen LogP contribution >= 0.6 is 0 Å². The zero-order chi connectivity index (χ0) is 10.1. The van der Waals surface area contributed by atoms with Crippen LogP contribution in [-0.4, -0.2) is 16.1 Å². The van der Waals surface area contributed by atoms with E-state index in [1.54, 1.807) is 10.8 Å². The third kappa shape index (κ3) is 2.06. The lowest BCUT2D eigenvalue weighted by Crippen LogP contribution is -2.17. The van der Waals surface area contributed by atoms with E-state index in [0.717, 1.165) is 12.1 Å². The lowest BCUT2D eigenvalue weighted by molar-refractivity contribution is 0.201. The monoisotopic (exact) mass is 185 g/mol. The summed E-state index contributed by atoms with van der Waals surface area (Å²) in [7, 11) is 1.81. The molecule has 0 saturated heterocycles. The van der Waals surface area contributed by atoms with Crippen LogP contribution in [0.5, 0.6) is 0 Å². The summed E-state index contributed by atoms with van der Waals surface area (Å²) in [5.74, 6) is 0.455. The molecule has 0 spiro atoms. The number of aromatic nitrogens is 2. The van der Waals surface area contributed by atoms with Crippen molar-refractivity contribution < 1.29 is 4.39 Å². The van der Waals surface area contributed by atoms with Gasteiger partial charge >= 0.3 is 0 Å². The van der Waals surface area contributed by atoms with E-state index in [1.807, 2.05) is 7.05 Å². The number of hydrogen-bond donors (Lipinski definition) is 1. The summed E-state index contributed by atoms with van der Waals surface area (Å²) in [6.07, 6.45) is 2.42. The molecule has 0 unspecified atom stereocenters. The predicted molar refractivity (Wildman–Crippen MR) is 50.1 cm³/mol. The minimum Gasteiger partial charge on any atom is -0.332 e. The first-order valence-corrected chi connectivity index (χ1v) is 4.37. The fourth-order valence-electron chi connectivity index (χ4n) is 1.38. The zero-order valence-electron chi connectivity index (χ0n) is 8.34. The maximum Gasteiger partial charge on any atom is 0.162 e. The molecule has 0 amide bonds. The quantitative estimate of drug-likeness (QED) is 0.767. The molecular formula is C9H16FN3. The van der Waals surface area contributed by atoms with Gasteiger partial charge in [-0.05, 0) is 20.4 Å². The van der Waals surface area contributed by atoms with Gasteiger partial charge in [-0.25, -0.2) is 9.37 Å². The molecule has 3 nitrogen and oxygen atoms in total. The van der Waals surface area contributed by atoms with Crippen molar-refractivity contribution >= 4 is 0 Å². The van der Waals surface area contributed by atoms with E-state index in [2.05, 4.69) is 4.98 Å². The second kappa shape index (κ2) is 3.46. The summed E-state index contributed by atoms with van der Waals surface area (Å²) in [6, 6.07) is 0. The fourth-order valence-corrected chi connectivity index (χ4v) is 1.38. The smallest absolute Gasteiger partial charge is 0.162 e. The second-order valence-electron chi connectivity index (χ2n) is 3.64. The van der Waals surface area contributed by atoms with Gasteiger partial charge in [0.2, 0.25) is 0 Å². The standard InChI is InChI=1S/C9H16FN3/c1-9(2,10)8-12-6-7(4-5-11)13(8)3/h6H,4-5,11H2,1-3H3. The maximum atomic E-state index is 13.5. The van der Waals surface area contributed by atoms with Crippen LogP contribution in [0.2, 0.25) is 0 Å². The lowest BCUT2D eigenvalue weighted by atomic mass is 10.1. The molecule has 0 radical (unpaired) electrons. The van der Waals surface area contributed by atoms with Crippen LogP contribution in [0.1, 0.15) is 25.4 Å². The van der Waals surface area contributed by atoms with Crippen LogP contribution in [0.15, 0.2) is 6.20 Å². The summed E-state index contributed by atoms with van der Waals surface area (Å²) in [5.41, 5.74) is 5.00. The number of rotatable bonds is 3. The van der Waals surface area contributed by atoms with Crippen LogP contribution in [0, 0.1) is 0 Å². The fraction of sp³-hybridized carbons (Fsp3) is 0.667. The molecule has 4 heteroatoms. The van der Waals surface area contributed by atoms with Crippen molar-refractivity contribution in [1.82, 2.24) is 9.55 Å². The largest absolute Gasteiger partial charge is 0.332 e. The Morgan fingerprint density at radius 1 is 1.62 bits per heavy atom. The highest BCUT2D eigenvalue weighted by molar-refractivity contribution is 5.10. The number of nitrogens with zero attached hydrogens (tertiary/aromatic N) is 2. The van der Waals surface area contributed by atoms with E-state index in [1.165, 1.54) is 13.8 Å². The van der Waals surface area contributed by atoms with Crippen molar-refractivity contribution in [2.45, 2.75) is 25.9 Å². The number of hydrogen-bond acceptors (Lipinski definition) is 2. The van der Waals surface area contributed by atoms with Gasteiger partial charge in [-0.1, -0.05) is 0 Å². The third-order valence-electron chi connectivity index (χ3n) is 2.02. The Morgan fingerprint density at radius 2 is 2.23 bits per heavy atom. The maximum absolute atomic E-state index is 13.5. The first kappa shape index (κ1) is 10.2. The summed E-state index contributed by atoms with van der Waals surface area (Å²) >= 11 is 0. The van der Waals surface area contributed by atoms with E-state index in [-0.39, 0.29) is 0 Å². The molecule has 0 aliphatic heterocycles. The Morgan fingerprint density at radius 3 is 2.62 bits per heavy atom. The average molecular weight is 185 g/mol. The molecule has 0 bridgehead atoms. The van der Waals surface area contributed by atoms with Crippen LogP contribution in [0.3, 0.4) is 0 Å². The van der Waals surface area contributed by atoms with Crippen LogP contribution in [0.25, 0.3) is 0 Å². The Kier molecular flexibility index (Phi) is 2.71. The molecule has 0 aromatic carbocycles. The van der Waals surface area contributed by atoms with Gasteiger partial charge in [0.05, 0.1) is 0 Å². The SMILES string of the molecule is Cn1c(CCN)cnc1C(C)(C)F. The summed E-state index contributed by atoms with van der Waals surface area (Å²) in [6.45, 7) is 3.56. The van der Waals surface area contributed by atoms with Gasteiger partial charge in [-0.15, -0.1) is 0 Å². The zero-order valence-corrected chi connectivity index (χ0v) is 8.34. The van der Waals surface area contributed by atoms with Crippen molar-refractivity contribution in [3.8, 4) is 0 Å². The number of halogens is 1. The third-order valence-corrected chi connectivity index (χ3v) is 2.02. The minimum absolute atomic E-state index is 0.455. The van der Waals surface area contributed by atoms with Gasteiger partial charge in [0.1, 0.15) is 5.82 Å². The lowest BCUT2D eigenvalue weighted by Gasteiger charge is -2.14. The average Bonchev–Trinajstić information content (AvgIpc) is 2.32. The molecule has 1 heterocycles. The molecule has 1 aromatic heterocycles. The normalized spacial score (nSPS) is 12.1. The molecule has 0 aliphatic carbocycles. The molecule has 0 fully saturated rings. The second-order valence-corrected chi connectivity index (χ2v) is 3.64. The molecule has 74 valence electrons. The van der Waals surface area contributed by atoms with Gasteiger partial charge < -0.3 is 10.3 Å². The van der Waals surface area contributed by atoms with Gasteiger partial charge in [-0.3, -0.25) is 0 Å². The van der Waals surface area contributed by atoms with Crippen molar-refractivity contribution in [3.63, 3.8) is 0 Å². The minimum atomic E-state index is -1.39. The molecule has 0 saturated carbocycles. The van der Waals surface area contributed by atoms with Gasteiger partial charge in [0.15, 0.2) is 5.67 Å². The molecular weight excluding hydrogens is 169 g/mol. The summed E-state index contributed by atoms with van der Waals surface area (Å²) in [5, 5.41) is 0. The van der Waals surface area contributed by atoms with E-state index in [0.29, 0.717) is 12.4 Å². The highest BCUT2D eigenvalue weighted by Crippen LogP contribution is 2.23. The van der Waals surface area contributed by atoms with Crippen LogP contribution in [-0.2, 0) is 19.1 Å². The van der Waals surface area contributed by atoms with Crippen molar-refractivity contribution in [3.05, 3.63) is 17.7 Å². The first-order valence-electron chi connectivity index (χ1n) is 4.37. The van der Waals surface area contributed by atoms with Crippen molar-refractivity contribution in [2.24, 2.45) is 12.8 Å². The summed E-state index contributed by atoms with van der Waals surface area (Å²) in [4.78, 5) is 4.04. The highest BCUT2D eigenvalue weighted by atomic mass is 19.1.